The van der Waals surface area contributed by atoms with Crippen LogP contribution >= 0.6 is 11.6 Å². The van der Waals surface area contributed by atoms with Crippen molar-refractivity contribution in [2.24, 2.45) is 0 Å². The first-order valence-electron chi connectivity index (χ1n) is 10.8. The van der Waals surface area contributed by atoms with Crippen LogP contribution in [0, 0.1) is 6.92 Å². The summed E-state index contributed by atoms with van der Waals surface area (Å²) in [5.74, 6) is 0. The first kappa shape index (κ1) is 20.4. The first-order valence-corrected chi connectivity index (χ1v) is 11.2. The van der Waals surface area contributed by atoms with Gasteiger partial charge in [0.2, 0.25) is 0 Å². The monoisotopic (exact) mass is 463 g/mol. The maximum absolute atomic E-state index is 13.2. The van der Waals surface area contributed by atoms with E-state index in [0.29, 0.717) is 27.5 Å². The molecule has 0 aliphatic carbocycles. The second kappa shape index (κ2) is 7.97. The summed E-state index contributed by atoms with van der Waals surface area (Å²) in [6.07, 6.45) is 1.86. The Morgan fingerprint density at radius 2 is 1.62 bits per heavy atom. The lowest BCUT2D eigenvalue weighted by Gasteiger charge is -2.12. The summed E-state index contributed by atoms with van der Waals surface area (Å²) in [5.41, 5.74) is 6.32. The molecular weight excluding hydrogens is 446 g/mol. The molecule has 3 heterocycles. The van der Waals surface area contributed by atoms with Crippen LogP contribution in [-0.4, -0.2) is 14.6 Å². The van der Waals surface area contributed by atoms with Crippen molar-refractivity contribution in [1.29, 1.82) is 0 Å². The molecule has 0 N–H and O–H groups in total. The van der Waals surface area contributed by atoms with E-state index in [4.69, 9.17) is 21.0 Å². The van der Waals surface area contributed by atoms with E-state index in [-0.39, 0.29) is 0 Å². The van der Waals surface area contributed by atoms with Crippen molar-refractivity contribution in [3.05, 3.63) is 112 Å². The zero-order valence-corrected chi connectivity index (χ0v) is 19.0. The normalized spacial score (nSPS) is 11.4. The molecule has 6 heteroatoms. The van der Waals surface area contributed by atoms with Crippen molar-refractivity contribution in [2.45, 2.75) is 6.92 Å². The summed E-state index contributed by atoms with van der Waals surface area (Å²) in [6, 6.07) is 26.7. The molecule has 0 aliphatic heterocycles. The number of halogens is 1. The highest BCUT2D eigenvalue weighted by Crippen LogP contribution is 2.35. The number of fused-ring (bicyclic) bond motifs is 2. The van der Waals surface area contributed by atoms with Gasteiger partial charge >= 0.3 is 5.63 Å². The van der Waals surface area contributed by atoms with Crippen LogP contribution in [0.4, 0.5) is 0 Å². The highest BCUT2D eigenvalue weighted by Gasteiger charge is 2.20. The van der Waals surface area contributed by atoms with Crippen LogP contribution in [0.5, 0.6) is 0 Å². The van der Waals surface area contributed by atoms with Crippen LogP contribution < -0.4 is 5.63 Å². The predicted octanol–water partition coefficient (Wildman–Crippen LogP) is 6.80. The molecule has 6 rings (SSSR count). The van der Waals surface area contributed by atoms with E-state index >= 15 is 0 Å². The molecule has 5 nitrogen and oxygen atoms in total. The Kier molecular flexibility index (Phi) is 4.78. The third-order valence-corrected chi connectivity index (χ3v) is 6.10. The largest absolute Gasteiger partial charge is 0.422 e. The van der Waals surface area contributed by atoms with E-state index in [9.17, 15) is 4.79 Å². The number of rotatable bonds is 3. The molecule has 0 amide bonds. The number of benzene rings is 3. The molecule has 3 aromatic carbocycles. The van der Waals surface area contributed by atoms with Crippen LogP contribution in [0.1, 0.15) is 5.56 Å². The van der Waals surface area contributed by atoms with E-state index in [2.05, 4.69) is 5.10 Å². The van der Waals surface area contributed by atoms with Crippen LogP contribution in [0.15, 0.2) is 100 Å². The van der Waals surface area contributed by atoms with E-state index in [0.717, 1.165) is 33.3 Å². The van der Waals surface area contributed by atoms with Crippen LogP contribution in [0.2, 0.25) is 5.02 Å². The number of hydrogen-bond donors (Lipinski definition) is 0. The fourth-order valence-corrected chi connectivity index (χ4v) is 4.36. The lowest BCUT2D eigenvalue weighted by atomic mass is 9.95. The van der Waals surface area contributed by atoms with E-state index in [1.807, 2.05) is 98.0 Å². The van der Waals surface area contributed by atoms with Gasteiger partial charge in [-0.15, -0.1) is 0 Å². The molecule has 164 valence electrons. The van der Waals surface area contributed by atoms with E-state index in [1.165, 1.54) is 0 Å². The third-order valence-electron chi connectivity index (χ3n) is 5.84. The van der Waals surface area contributed by atoms with Gasteiger partial charge in [-0.25, -0.2) is 14.3 Å². The fourth-order valence-electron chi connectivity index (χ4n) is 4.23. The standard InChI is InChI=1S/C28H18ClN3O2/c1-17-7-12-24-21(15-17)27(26(28(33)34-24)19-5-3-2-4-6-19)22-13-14-32-25(30-22)16-23(31-32)18-8-10-20(29)11-9-18/h2-16H,1H3. The molecule has 0 saturated heterocycles. The summed E-state index contributed by atoms with van der Waals surface area (Å²) >= 11 is 6.03. The average molecular weight is 464 g/mol. The SMILES string of the molecule is Cc1ccc2oc(=O)c(-c3ccccc3)c(-c3ccn4nc(-c5ccc(Cl)cc5)cc4n3)c2c1. The van der Waals surface area contributed by atoms with Gasteiger partial charge < -0.3 is 4.42 Å². The van der Waals surface area contributed by atoms with Crippen molar-refractivity contribution < 1.29 is 4.42 Å². The van der Waals surface area contributed by atoms with E-state index in [1.54, 1.807) is 4.52 Å². The van der Waals surface area contributed by atoms with Crippen molar-refractivity contribution in [2.75, 3.05) is 0 Å². The van der Waals surface area contributed by atoms with Gasteiger partial charge in [0.1, 0.15) is 5.58 Å². The molecule has 0 radical (unpaired) electrons. The first-order chi connectivity index (χ1) is 16.6. The van der Waals surface area contributed by atoms with Crippen LogP contribution in [-0.2, 0) is 0 Å². The van der Waals surface area contributed by atoms with Gasteiger partial charge in [0.15, 0.2) is 5.65 Å². The summed E-state index contributed by atoms with van der Waals surface area (Å²) < 4.78 is 7.44. The minimum absolute atomic E-state index is 0.394. The quantitative estimate of drug-likeness (QED) is 0.271. The van der Waals surface area contributed by atoms with Crippen molar-refractivity contribution in [1.82, 2.24) is 14.6 Å². The van der Waals surface area contributed by atoms with Gasteiger partial charge in [-0.05, 0) is 42.8 Å². The lowest BCUT2D eigenvalue weighted by Crippen LogP contribution is -2.07. The summed E-state index contributed by atoms with van der Waals surface area (Å²) in [6.45, 7) is 2.02. The van der Waals surface area contributed by atoms with Gasteiger partial charge in [0.25, 0.3) is 0 Å². The minimum atomic E-state index is -0.394. The van der Waals surface area contributed by atoms with Gasteiger partial charge in [-0.1, -0.05) is 65.7 Å². The zero-order chi connectivity index (χ0) is 23.2. The Balaban J connectivity index is 1.62. The maximum atomic E-state index is 13.2. The average Bonchev–Trinajstić information content (AvgIpc) is 3.28. The second-order valence-corrected chi connectivity index (χ2v) is 8.59. The van der Waals surface area contributed by atoms with E-state index < -0.39 is 5.63 Å². The number of nitrogens with zero attached hydrogens (tertiary/aromatic N) is 3. The summed E-state index contributed by atoms with van der Waals surface area (Å²) in [7, 11) is 0. The Bertz CT molecular complexity index is 1740. The Morgan fingerprint density at radius 3 is 2.41 bits per heavy atom. The van der Waals surface area contributed by atoms with Gasteiger partial charge in [-0.3, -0.25) is 0 Å². The molecule has 0 unspecified atom stereocenters. The van der Waals surface area contributed by atoms with Gasteiger partial charge in [-0.2, -0.15) is 5.10 Å². The smallest absolute Gasteiger partial charge is 0.344 e. The zero-order valence-electron chi connectivity index (χ0n) is 18.2. The van der Waals surface area contributed by atoms with Crippen molar-refractivity contribution in [3.8, 4) is 33.6 Å². The second-order valence-electron chi connectivity index (χ2n) is 8.16. The molecule has 34 heavy (non-hydrogen) atoms. The molecule has 6 aromatic rings. The highest BCUT2D eigenvalue weighted by atomic mass is 35.5. The van der Waals surface area contributed by atoms with Crippen molar-refractivity contribution >= 4 is 28.2 Å². The molecule has 0 fully saturated rings. The van der Waals surface area contributed by atoms with Crippen LogP contribution in [0.3, 0.4) is 0 Å². The fraction of sp³-hybridized carbons (Fsp3) is 0.0357. The minimum Gasteiger partial charge on any atom is -0.422 e. The lowest BCUT2D eigenvalue weighted by molar-refractivity contribution is 0.564. The Labute approximate surface area is 199 Å². The third kappa shape index (κ3) is 3.47. The topological polar surface area (TPSA) is 60.4 Å². The number of aromatic nitrogens is 3. The molecule has 0 bridgehead atoms. The Morgan fingerprint density at radius 1 is 0.824 bits per heavy atom. The molecule has 0 aliphatic rings. The number of hydrogen-bond acceptors (Lipinski definition) is 4. The maximum Gasteiger partial charge on any atom is 0.344 e. The Hall–Kier alpha value is -4.22. The van der Waals surface area contributed by atoms with Gasteiger partial charge in [0.05, 0.1) is 17.0 Å². The van der Waals surface area contributed by atoms with Gasteiger partial charge in [0, 0.05) is 33.8 Å². The molecular formula is C28H18ClN3O2. The van der Waals surface area contributed by atoms with Crippen LogP contribution in [0.25, 0.3) is 50.3 Å². The number of aryl methyl sites for hydroxylation is 1. The van der Waals surface area contributed by atoms with Crippen molar-refractivity contribution in [3.63, 3.8) is 0 Å². The highest BCUT2D eigenvalue weighted by molar-refractivity contribution is 6.30. The summed E-state index contributed by atoms with van der Waals surface area (Å²) in [5, 5.41) is 6.17. The molecule has 3 aromatic heterocycles. The molecule has 0 spiro atoms. The molecule has 0 saturated carbocycles. The summed E-state index contributed by atoms with van der Waals surface area (Å²) in [4.78, 5) is 18.1. The predicted molar refractivity (Wildman–Crippen MR) is 135 cm³/mol. The molecule has 0 atom stereocenters.